The van der Waals surface area contributed by atoms with Gasteiger partial charge in [0.25, 0.3) is 0 Å². The predicted molar refractivity (Wildman–Crippen MR) is 59.7 cm³/mol. The zero-order valence-corrected chi connectivity index (χ0v) is 9.51. The van der Waals surface area contributed by atoms with Crippen molar-refractivity contribution in [3.8, 4) is 0 Å². The molecular weight excluding hydrogens is 194 g/mol. The molecule has 1 aliphatic heterocycles. The van der Waals surface area contributed by atoms with Gasteiger partial charge in [-0.05, 0) is 42.7 Å². The number of thiophene rings is 1. The molecule has 1 aromatic rings. The summed E-state index contributed by atoms with van der Waals surface area (Å²) in [5, 5.41) is 7.95. The lowest BCUT2D eigenvalue weighted by Gasteiger charge is -2.21. The van der Waals surface area contributed by atoms with Crippen molar-refractivity contribution in [3.63, 3.8) is 0 Å². The molecule has 2 rings (SSSR count). The molecule has 0 aromatic carbocycles. The van der Waals surface area contributed by atoms with Crippen LogP contribution in [0.2, 0.25) is 0 Å². The van der Waals surface area contributed by atoms with Crippen molar-refractivity contribution >= 4 is 11.3 Å². The summed E-state index contributed by atoms with van der Waals surface area (Å²) in [6.07, 6.45) is 1.49. The maximum atomic E-state index is 5.52. The first-order valence-electron chi connectivity index (χ1n) is 5.17. The quantitative estimate of drug-likeness (QED) is 0.829. The molecule has 3 atom stereocenters. The van der Waals surface area contributed by atoms with Gasteiger partial charge >= 0.3 is 0 Å². The van der Waals surface area contributed by atoms with Gasteiger partial charge in [-0.15, -0.1) is 0 Å². The third kappa shape index (κ3) is 2.16. The molecular formula is C11H17NOS. The van der Waals surface area contributed by atoms with Crippen LogP contribution in [0.1, 0.15) is 31.9 Å². The summed E-state index contributed by atoms with van der Waals surface area (Å²) in [5.41, 5.74) is 1.38. The Morgan fingerprint density at radius 1 is 1.64 bits per heavy atom. The van der Waals surface area contributed by atoms with E-state index in [1.165, 1.54) is 5.56 Å². The van der Waals surface area contributed by atoms with Crippen LogP contribution in [-0.4, -0.2) is 18.8 Å². The molecule has 0 spiro atoms. The van der Waals surface area contributed by atoms with Crippen LogP contribution in [0.5, 0.6) is 0 Å². The van der Waals surface area contributed by atoms with Gasteiger partial charge in [-0.1, -0.05) is 0 Å². The Hall–Kier alpha value is -0.380. The van der Waals surface area contributed by atoms with Crippen molar-refractivity contribution in [1.29, 1.82) is 0 Å². The van der Waals surface area contributed by atoms with E-state index in [2.05, 4.69) is 36.0 Å². The molecule has 0 aliphatic carbocycles. The molecule has 1 aromatic heterocycles. The molecule has 78 valence electrons. The van der Waals surface area contributed by atoms with Crippen LogP contribution >= 0.6 is 11.3 Å². The van der Waals surface area contributed by atoms with Gasteiger partial charge in [0.2, 0.25) is 0 Å². The Morgan fingerprint density at radius 2 is 2.50 bits per heavy atom. The number of nitrogens with one attached hydrogen (secondary N) is 1. The Kier molecular flexibility index (Phi) is 3.21. The number of rotatable bonds is 3. The maximum Gasteiger partial charge on any atom is 0.0700 e. The fourth-order valence-corrected chi connectivity index (χ4v) is 2.64. The molecule has 1 saturated heterocycles. The third-order valence-corrected chi connectivity index (χ3v) is 3.58. The van der Waals surface area contributed by atoms with E-state index in [1.807, 2.05) is 0 Å². The third-order valence-electron chi connectivity index (χ3n) is 2.88. The van der Waals surface area contributed by atoms with Crippen LogP contribution < -0.4 is 5.32 Å². The van der Waals surface area contributed by atoms with Gasteiger partial charge in [-0.2, -0.15) is 11.3 Å². The van der Waals surface area contributed by atoms with Crippen molar-refractivity contribution in [2.75, 3.05) is 6.61 Å². The summed E-state index contributed by atoms with van der Waals surface area (Å²) >= 11 is 1.76. The van der Waals surface area contributed by atoms with E-state index in [-0.39, 0.29) is 0 Å². The van der Waals surface area contributed by atoms with E-state index >= 15 is 0 Å². The molecule has 3 heteroatoms. The highest BCUT2D eigenvalue weighted by molar-refractivity contribution is 7.07. The first-order valence-corrected chi connectivity index (χ1v) is 6.11. The maximum absolute atomic E-state index is 5.52. The smallest absolute Gasteiger partial charge is 0.0700 e. The van der Waals surface area contributed by atoms with Crippen LogP contribution in [0.25, 0.3) is 0 Å². The standard InChI is InChI=1S/C11H17NOS/c1-8(10-4-6-14-7-10)12-11-3-5-13-9(11)2/h4,6-9,11-12H,3,5H2,1-2H3. The monoisotopic (exact) mass is 211 g/mol. The van der Waals surface area contributed by atoms with Gasteiger partial charge in [0, 0.05) is 18.7 Å². The lowest BCUT2D eigenvalue weighted by Crippen LogP contribution is -2.36. The second-order valence-corrected chi connectivity index (χ2v) is 4.70. The molecule has 14 heavy (non-hydrogen) atoms. The van der Waals surface area contributed by atoms with Crippen LogP contribution in [0.15, 0.2) is 16.8 Å². The molecule has 1 N–H and O–H groups in total. The largest absolute Gasteiger partial charge is 0.377 e. The van der Waals surface area contributed by atoms with Gasteiger partial charge in [-0.3, -0.25) is 0 Å². The zero-order valence-electron chi connectivity index (χ0n) is 8.69. The molecule has 2 heterocycles. The SMILES string of the molecule is CC(NC1CCOC1C)c1ccsc1. The normalized spacial score (nSPS) is 29.3. The van der Waals surface area contributed by atoms with E-state index in [0.717, 1.165) is 13.0 Å². The van der Waals surface area contributed by atoms with Crippen molar-refractivity contribution in [3.05, 3.63) is 22.4 Å². The summed E-state index contributed by atoms with van der Waals surface area (Å²) in [6.45, 7) is 5.26. The molecule has 0 radical (unpaired) electrons. The summed E-state index contributed by atoms with van der Waals surface area (Å²) in [5.74, 6) is 0. The number of hydrogen-bond acceptors (Lipinski definition) is 3. The fraction of sp³-hybridized carbons (Fsp3) is 0.636. The average Bonchev–Trinajstić information content (AvgIpc) is 2.77. The number of ether oxygens (including phenoxy) is 1. The van der Waals surface area contributed by atoms with Gasteiger partial charge in [0.15, 0.2) is 0 Å². The van der Waals surface area contributed by atoms with E-state index in [0.29, 0.717) is 18.2 Å². The highest BCUT2D eigenvalue weighted by Gasteiger charge is 2.25. The highest BCUT2D eigenvalue weighted by Crippen LogP contribution is 2.20. The van der Waals surface area contributed by atoms with Crippen LogP contribution in [0.3, 0.4) is 0 Å². The lowest BCUT2D eigenvalue weighted by atomic mass is 10.1. The minimum atomic E-state index is 0.357. The lowest BCUT2D eigenvalue weighted by molar-refractivity contribution is 0.111. The molecule has 1 fully saturated rings. The number of hydrogen-bond donors (Lipinski definition) is 1. The van der Waals surface area contributed by atoms with Crippen molar-refractivity contribution in [1.82, 2.24) is 5.32 Å². The first-order chi connectivity index (χ1) is 6.77. The first kappa shape index (κ1) is 10.1. The Morgan fingerprint density at radius 3 is 3.07 bits per heavy atom. The van der Waals surface area contributed by atoms with Gasteiger partial charge in [0.1, 0.15) is 0 Å². The predicted octanol–water partition coefficient (Wildman–Crippen LogP) is 2.58. The molecule has 3 unspecified atom stereocenters. The molecule has 0 saturated carbocycles. The minimum absolute atomic E-state index is 0.357. The minimum Gasteiger partial charge on any atom is -0.377 e. The second kappa shape index (κ2) is 4.43. The Labute approximate surface area is 89.3 Å². The molecule has 0 bridgehead atoms. The molecule has 2 nitrogen and oxygen atoms in total. The van der Waals surface area contributed by atoms with E-state index in [1.54, 1.807) is 11.3 Å². The van der Waals surface area contributed by atoms with Gasteiger partial charge in [-0.25, -0.2) is 0 Å². The van der Waals surface area contributed by atoms with Crippen molar-refractivity contribution < 1.29 is 4.74 Å². The Bertz CT molecular complexity index is 273. The summed E-state index contributed by atoms with van der Waals surface area (Å²) in [7, 11) is 0. The van der Waals surface area contributed by atoms with Crippen LogP contribution in [-0.2, 0) is 4.74 Å². The van der Waals surface area contributed by atoms with Gasteiger partial charge < -0.3 is 10.1 Å². The topological polar surface area (TPSA) is 21.3 Å². The fourth-order valence-electron chi connectivity index (χ4n) is 1.89. The zero-order chi connectivity index (χ0) is 9.97. The van der Waals surface area contributed by atoms with E-state index < -0.39 is 0 Å². The van der Waals surface area contributed by atoms with Crippen molar-refractivity contribution in [2.24, 2.45) is 0 Å². The average molecular weight is 211 g/mol. The van der Waals surface area contributed by atoms with Crippen LogP contribution in [0.4, 0.5) is 0 Å². The Balaban J connectivity index is 1.91. The summed E-state index contributed by atoms with van der Waals surface area (Å²) in [4.78, 5) is 0. The van der Waals surface area contributed by atoms with Crippen LogP contribution in [0, 0.1) is 0 Å². The molecule has 1 aliphatic rings. The summed E-state index contributed by atoms with van der Waals surface area (Å²) < 4.78 is 5.52. The highest BCUT2D eigenvalue weighted by atomic mass is 32.1. The second-order valence-electron chi connectivity index (χ2n) is 3.92. The van der Waals surface area contributed by atoms with E-state index in [4.69, 9.17) is 4.74 Å². The van der Waals surface area contributed by atoms with Crippen molar-refractivity contribution in [2.45, 2.75) is 38.5 Å². The van der Waals surface area contributed by atoms with Gasteiger partial charge in [0.05, 0.1) is 6.10 Å². The molecule has 0 amide bonds. The van der Waals surface area contributed by atoms with E-state index in [9.17, 15) is 0 Å². The summed E-state index contributed by atoms with van der Waals surface area (Å²) in [6, 6.07) is 3.14.